The number of ether oxygens (including phenoxy) is 6. The molecule has 0 amide bonds. The van der Waals surface area contributed by atoms with Crippen LogP contribution in [0.2, 0.25) is 0 Å². The predicted octanol–water partition coefficient (Wildman–Crippen LogP) is 1.85. The minimum absolute atomic E-state index is 0.0489. The van der Waals surface area contributed by atoms with E-state index < -0.39 is 48.2 Å². The van der Waals surface area contributed by atoms with Gasteiger partial charge in [0.2, 0.25) is 5.76 Å². The van der Waals surface area contributed by atoms with Crippen LogP contribution in [0.15, 0.2) is 11.3 Å². The Labute approximate surface area is 199 Å². The molecule has 0 spiro atoms. The van der Waals surface area contributed by atoms with Gasteiger partial charge < -0.3 is 28.4 Å². The van der Waals surface area contributed by atoms with E-state index in [1.807, 2.05) is 13.8 Å². The van der Waals surface area contributed by atoms with Crippen molar-refractivity contribution in [2.75, 3.05) is 20.3 Å². The van der Waals surface area contributed by atoms with Gasteiger partial charge in [0.25, 0.3) is 0 Å². The van der Waals surface area contributed by atoms with Crippen LogP contribution < -0.4 is 0 Å². The van der Waals surface area contributed by atoms with Gasteiger partial charge in [0.15, 0.2) is 12.2 Å². The van der Waals surface area contributed by atoms with Gasteiger partial charge in [0.05, 0.1) is 13.7 Å². The number of hydrogen-bond acceptors (Lipinski definition) is 11. The summed E-state index contributed by atoms with van der Waals surface area (Å²) in [6.45, 7) is 8.35. The molecular weight excluding hydrogens is 452 g/mol. The minimum atomic E-state index is -1.18. The van der Waals surface area contributed by atoms with E-state index in [1.165, 1.54) is 34.8 Å². The zero-order chi connectivity index (χ0) is 26.0. The van der Waals surface area contributed by atoms with E-state index >= 15 is 0 Å². The topological polar surface area (TPSA) is 141 Å². The van der Waals surface area contributed by atoms with Gasteiger partial charge in [-0.05, 0) is 24.3 Å². The quantitative estimate of drug-likeness (QED) is 0.240. The molecule has 0 saturated heterocycles. The number of allylic oxidation sites excluding steroid dienone is 1. The summed E-state index contributed by atoms with van der Waals surface area (Å²) < 4.78 is 31.7. The van der Waals surface area contributed by atoms with Crippen molar-refractivity contribution < 1.29 is 52.4 Å². The first-order valence-electron chi connectivity index (χ1n) is 11.0. The lowest BCUT2D eigenvalue weighted by molar-refractivity contribution is -0.191. The highest BCUT2D eigenvalue weighted by Crippen LogP contribution is 2.39. The van der Waals surface area contributed by atoms with Crippen LogP contribution >= 0.6 is 0 Å². The minimum Gasteiger partial charge on any atom is -0.479 e. The van der Waals surface area contributed by atoms with Gasteiger partial charge in [-0.25, -0.2) is 4.79 Å². The first kappa shape index (κ1) is 28.9. The number of carbonyl (C=O) groups is 5. The van der Waals surface area contributed by atoms with Crippen molar-refractivity contribution >= 4 is 29.8 Å². The van der Waals surface area contributed by atoms with Gasteiger partial charge in [-0.15, -0.1) is 0 Å². The lowest BCUT2D eigenvalue weighted by Crippen LogP contribution is -2.52. The Morgan fingerprint density at radius 1 is 0.882 bits per heavy atom. The van der Waals surface area contributed by atoms with Gasteiger partial charge in [-0.2, -0.15) is 0 Å². The maximum atomic E-state index is 12.6. The molecule has 1 aliphatic heterocycles. The predicted molar refractivity (Wildman–Crippen MR) is 116 cm³/mol. The van der Waals surface area contributed by atoms with Crippen molar-refractivity contribution in [3.8, 4) is 0 Å². The number of carbonyl (C=O) groups excluding carboxylic acids is 5. The first-order chi connectivity index (χ1) is 15.9. The van der Waals surface area contributed by atoms with Gasteiger partial charge >= 0.3 is 29.8 Å². The Kier molecular flexibility index (Phi) is 11.5. The van der Waals surface area contributed by atoms with E-state index in [0.717, 1.165) is 0 Å². The molecule has 1 aliphatic rings. The third kappa shape index (κ3) is 8.68. The maximum absolute atomic E-state index is 12.6. The average Bonchev–Trinajstić information content (AvgIpc) is 2.74. The smallest absolute Gasteiger partial charge is 0.373 e. The summed E-state index contributed by atoms with van der Waals surface area (Å²) in [5.74, 6) is -3.72. The van der Waals surface area contributed by atoms with Crippen LogP contribution in [0.5, 0.6) is 0 Å². The standard InChI is InChI=1S/C23H34O11/c1-12-13(2)20(22(33-17(6)27)19(32-16(5)26)11-31-15(4)25)34-21(23(28)29-7)18(12)9-8-10-30-14(3)24/h12-13,19-20,22H,8-11H2,1-7H3/t12-,13-,19-,20-,22-/m1/s1. The van der Waals surface area contributed by atoms with Crippen molar-refractivity contribution in [1.29, 1.82) is 0 Å². The summed E-state index contributed by atoms with van der Waals surface area (Å²) in [6, 6.07) is 0. The molecule has 0 aromatic heterocycles. The van der Waals surface area contributed by atoms with Crippen LogP contribution in [0, 0.1) is 11.8 Å². The van der Waals surface area contributed by atoms with E-state index in [9.17, 15) is 24.0 Å². The molecule has 1 heterocycles. The van der Waals surface area contributed by atoms with E-state index in [-0.39, 0.29) is 30.8 Å². The molecule has 0 aromatic rings. The molecule has 0 N–H and O–H groups in total. The zero-order valence-electron chi connectivity index (χ0n) is 20.7. The van der Waals surface area contributed by atoms with Gasteiger partial charge in [-0.3, -0.25) is 19.2 Å². The third-order valence-electron chi connectivity index (χ3n) is 5.43. The Bertz CT molecular complexity index is 801. The summed E-state index contributed by atoms with van der Waals surface area (Å²) >= 11 is 0. The molecule has 0 bridgehead atoms. The molecule has 34 heavy (non-hydrogen) atoms. The van der Waals surface area contributed by atoms with Gasteiger partial charge in [-0.1, -0.05) is 13.8 Å². The van der Waals surface area contributed by atoms with Crippen LogP contribution in [-0.2, 0) is 52.4 Å². The van der Waals surface area contributed by atoms with E-state index in [0.29, 0.717) is 18.4 Å². The lowest BCUT2D eigenvalue weighted by atomic mass is 9.78. The van der Waals surface area contributed by atoms with Crippen molar-refractivity contribution in [3.63, 3.8) is 0 Å². The molecule has 1 rings (SSSR count). The molecule has 192 valence electrons. The number of esters is 5. The van der Waals surface area contributed by atoms with Crippen LogP contribution in [-0.4, -0.2) is 68.5 Å². The van der Waals surface area contributed by atoms with Crippen LogP contribution in [0.25, 0.3) is 0 Å². The molecule has 0 unspecified atom stereocenters. The molecule has 11 heteroatoms. The zero-order valence-corrected chi connectivity index (χ0v) is 20.7. The number of rotatable bonds is 11. The molecule has 11 nitrogen and oxygen atoms in total. The van der Waals surface area contributed by atoms with Crippen LogP contribution in [0.1, 0.15) is 54.4 Å². The molecule has 0 aliphatic carbocycles. The highest BCUT2D eigenvalue weighted by atomic mass is 16.6. The van der Waals surface area contributed by atoms with E-state index in [4.69, 9.17) is 28.4 Å². The van der Waals surface area contributed by atoms with Gasteiger partial charge in [0, 0.05) is 33.6 Å². The second-order valence-electron chi connectivity index (χ2n) is 8.04. The Hall–Kier alpha value is -3.11. The SMILES string of the molecule is COC(=O)C1=C(CCCOC(C)=O)[C@H](C)[C@@H](C)[C@H]([C@H](OC(C)=O)[C@@H](COC(C)=O)OC(C)=O)O1. The molecule has 0 radical (unpaired) electrons. The lowest BCUT2D eigenvalue weighted by Gasteiger charge is -2.42. The summed E-state index contributed by atoms with van der Waals surface area (Å²) in [5.41, 5.74) is 0.661. The summed E-state index contributed by atoms with van der Waals surface area (Å²) in [7, 11) is 1.21. The largest absolute Gasteiger partial charge is 0.479 e. The first-order valence-corrected chi connectivity index (χ1v) is 11.0. The summed E-state index contributed by atoms with van der Waals surface area (Å²) in [4.78, 5) is 58.6. The second-order valence-corrected chi connectivity index (χ2v) is 8.04. The van der Waals surface area contributed by atoms with Crippen molar-refractivity contribution in [2.24, 2.45) is 11.8 Å². The van der Waals surface area contributed by atoms with E-state index in [1.54, 1.807) is 0 Å². The fraction of sp³-hybridized carbons (Fsp3) is 0.696. The average molecular weight is 487 g/mol. The molecule has 5 atom stereocenters. The van der Waals surface area contributed by atoms with Crippen molar-refractivity contribution in [3.05, 3.63) is 11.3 Å². The third-order valence-corrected chi connectivity index (χ3v) is 5.43. The molecule has 0 saturated carbocycles. The molecule has 0 fully saturated rings. The Morgan fingerprint density at radius 3 is 1.97 bits per heavy atom. The van der Waals surface area contributed by atoms with Gasteiger partial charge in [0.1, 0.15) is 12.7 Å². The second kappa shape index (κ2) is 13.6. The number of hydrogen-bond donors (Lipinski definition) is 0. The Morgan fingerprint density at radius 2 is 1.47 bits per heavy atom. The Balaban J connectivity index is 3.35. The molecular formula is C23H34O11. The summed E-state index contributed by atoms with van der Waals surface area (Å²) in [6.07, 6.45) is -2.43. The highest BCUT2D eigenvalue weighted by Gasteiger charge is 2.46. The number of methoxy groups -OCH3 is 1. The van der Waals surface area contributed by atoms with E-state index in [2.05, 4.69) is 0 Å². The fourth-order valence-corrected chi connectivity index (χ4v) is 3.74. The van der Waals surface area contributed by atoms with Crippen LogP contribution in [0.3, 0.4) is 0 Å². The highest BCUT2D eigenvalue weighted by molar-refractivity contribution is 5.87. The normalized spacial score (nSPS) is 21.4. The maximum Gasteiger partial charge on any atom is 0.373 e. The van der Waals surface area contributed by atoms with Crippen molar-refractivity contribution in [2.45, 2.75) is 72.7 Å². The summed E-state index contributed by atoms with van der Waals surface area (Å²) in [5, 5.41) is 0. The fourth-order valence-electron chi connectivity index (χ4n) is 3.74. The van der Waals surface area contributed by atoms with Crippen molar-refractivity contribution in [1.82, 2.24) is 0 Å². The monoisotopic (exact) mass is 486 g/mol. The molecule has 0 aromatic carbocycles. The van der Waals surface area contributed by atoms with Crippen LogP contribution in [0.4, 0.5) is 0 Å².